The Morgan fingerprint density at radius 1 is 1.31 bits per heavy atom. The van der Waals surface area contributed by atoms with Gasteiger partial charge in [0.2, 0.25) is 18.8 Å². The fourth-order valence-corrected chi connectivity index (χ4v) is 2.47. The SMILES string of the molecule is Cc1cccc(C(=O)O[SiH3])c1O[Si](C)(C)C. The van der Waals surface area contributed by atoms with Gasteiger partial charge in [0.05, 0.1) is 5.56 Å². The molecule has 0 N–H and O–H groups in total. The number of hydrogen-bond donors (Lipinski definition) is 0. The van der Waals surface area contributed by atoms with E-state index in [-0.39, 0.29) is 5.97 Å². The van der Waals surface area contributed by atoms with Gasteiger partial charge in [0.25, 0.3) is 0 Å². The number of rotatable bonds is 3. The second-order valence-corrected chi connectivity index (χ2v) is 9.49. The van der Waals surface area contributed by atoms with Gasteiger partial charge >= 0.3 is 5.97 Å². The molecular weight excluding hydrogens is 236 g/mol. The van der Waals surface area contributed by atoms with E-state index in [2.05, 4.69) is 19.6 Å². The Hall–Kier alpha value is -1.08. The average molecular weight is 254 g/mol. The molecule has 0 unspecified atom stereocenters. The first-order chi connectivity index (χ1) is 7.35. The average Bonchev–Trinajstić information content (AvgIpc) is 2.18. The maximum Gasteiger partial charge on any atom is 0.327 e. The van der Waals surface area contributed by atoms with Crippen LogP contribution in [0.2, 0.25) is 19.6 Å². The third-order valence-corrected chi connectivity index (χ3v) is 3.21. The highest BCUT2D eigenvalue weighted by Gasteiger charge is 2.22. The smallest absolute Gasteiger partial charge is 0.327 e. The molecule has 1 aromatic carbocycles. The largest absolute Gasteiger partial charge is 0.544 e. The van der Waals surface area contributed by atoms with Crippen molar-refractivity contribution in [2.45, 2.75) is 26.6 Å². The van der Waals surface area contributed by atoms with Crippen molar-refractivity contribution < 1.29 is 13.6 Å². The summed E-state index contributed by atoms with van der Waals surface area (Å²) in [5.74, 6) is 0.395. The van der Waals surface area contributed by atoms with Crippen molar-refractivity contribution in [3.8, 4) is 5.75 Å². The molecule has 0 saturated carbocycles. The molecule has 16 heavy (non-hydrogen) atoms. The Morgan fingerprint density at radius 3 is 2.44 bits per heavy atom. The Labute approximate surface area is 100 Å². The zero-order valence-electron chi connectivity index (χ0n) is 10.5. The van der Waals surface area contributed by atoms with Crippen molar-refractivity contribution in [3.05, 3.63) is 29.3 Å². The first-order valence-electron chi connectivity index (χ1n) is 5.22. The van der Waals surface area contributed by atoms with Crippen LogP contribution in [0, 0.1) is 6.92 Å². The first kappa shape index (κ1) is 13.0. The third kappa shape index (κ3) is 3.21. The van der Waals surface area contributed by atoms with Gasteiger partial charge in [-0.2, -0.15) is 0 Å². The lowest BCUT2D eigenvalue weighted by molar-refractivity contribution is 0.0747. The predicted molar refractivity (Wildman–Crippen MR) is 70.5 cm³/mol. The normalized spacial score (nSPS) is 11.2. The lowest BCUT2D eigenvalue weighted by atomic mass is 10.1. The Morgan fingerprint density at radius 2 is 1.94 bits per heavy atom. The van der Waals surface area contributed by atoms with Crippen LogP contribution in [0.15, 0.2) is 18.2 Å². The van der Waals surface area contributed by atoms with E-state index in [9.17, 15) is 4.79 Å². The Kier molecular flexibility index (Phi) is 3.93. The molecule has 0 saturated heterocycles. The monoisotopic (exact) mass is 254 g/mol. The molecular formula is C11H18O3Si2. The van der Waals surface area contributed by atoms with Gasteiger partial charge in [-0.3, -0.25) is 0 Å². The van der Waals surface area contributed by atoms with Gasteiger partial charge in [0.15, 0.2) is 0 Å². The molecule has 5 heteroatoms. The van der Waals surface area contributed by atoms with Gasteiger partial charge in [-0.05, 0) is 38.2 Å². The molecule has 0 amide bonds. The van der Waals surface area contributed by atoms with E-state index in [4.69, 9.17) is 8.85 Å². The lowest BCUT2D eigenvalue weighted by Crippen LogP contribution is -2.30. The van der Waals surface area contributed by atoms with Crippen LogP contribution >= 0.6 is 0 Å². The molecule has 88 valence electrons. The van der Waals surface area contributed by atoms with E-state index in [0.29, 0.717) is 21.8 Å². The quantitative estimate of drug-likeness (QED) is 0.769. The van der Waals surface area contributed by atoms with Gasteiger partial charge in [-0.1, -0.05) is 12.1 Å². The van der Waals surface area contributed by atoms with Crippen molar-refractivity contribution in [2.75, 3.05) is 0 Å². The molecule has 0 spiro atoms. The van der Waals surface area contributed by atoms with Crippen molar-refractivity contribution in [1.29, 1.82) is 0 Å². The molecule has 0 heterocycles. The van der Waals surface area contributed by atoms with E-state index in [1.165, 1.54) is 0 Å². The van der Waals surface area contributed by atoms with Crippen molar-refractivity contribution in [2.24, 2.45) is 0 Å². The molecule has 0 aliphatic rings. The van der Waals surface area contributed by atoms with E-state index in [0.717, 1.165) is 5.56 Å². The van der Waals surface area contributed by atoms with Crippen molar-refractivity contribution in [1.82, 2.24) is 0 Å². The van der Waals surface area contributed by atoms with Gasteiger partial charge in [0, 0.05) is 0 Å². The fraction of sp³-hybridized carbons (Fsp3) is 0.364. The highest BCUT2D eigenvalue weighted by Crippen LogP contribution is 2.26. The third-order valence-electron chi connectivity index (χ3n) is 2.03. The second kappa shape index (κ2) is 4.84. The second-order valence-electron chi connectivity index (χ2n) is 4.66. The summed E-state index contributed by atoms with van der Waals surface area (Å²) in [7, 11) is -1.31. The minimum absolute atomic E-state index is 0.288. The summed E-state index contributed by atoms with van der Waals surface area (Å²) in [5.41, 5.74) is 1.52. The highest BCUT2D eigenvalue weighted by molar-refractivity contribution is 6.70. The Balaban J connectivity index is 3.19. The maximum absolute atomic E-state index is 11.6. The number of benzene rings is 1. The molecule has 0 fully saturated rings. The van der Waals surface area contributed by atoms with Crippen LogP contribution in [0.4, 0.5) is 0 Å². The van der Waals surface area contributed by atoms with Crippen LogP contribution in [0.25, 0.3) is 0 Å². The summed E-state index contributed by atoms with van der Waals surface area (Å²) < 4.78 is 10.8. The van der Waals surface area contributed by atoms with Gasteiger partial charge in [-0.25, -0.2) is 4.79 Å². The lowest BCUT2D eigenvalue weighted by Gasteiger charge is -2.22. The summed E-state index contributed by atoms with van der Waals surface area (Å²) in [4.78, 5) is 11.6. The summed E-state index contributed by atoms with van der Waals surface area (Å²) >= 11 is 0. The van der Waals surface area contributed by atoms with Crippen LogP contribution in [-0.2, 0) is 4.43 Å². The molecule has 1 aromatic rings. The van der Waals surface area contributed by atoms with Crippen LogP contribution < -0.4 is 4.43 Å². The van der Waals surface area contributed by atoms with E-state index in [1.54, 1.807) is 6.07 Å². The van der Waals surface area contributed by atoms with Crippen LogP contribution in [0.1, 0.15) is 15.9 Å². The van der Waals surface area contributed by atoms with Crippen LogP contribution in [-0.4, -0.2) is 24.8 Å². The number of carbonyl (C=O) groups excluding carboxylic acids is 1. The van der Waals surface area contributed by atoms with Gasteiger partial charge in [-0.15, -0.1) is 0 Å². The zero-order valence-corrected chi connectivity index (χ0v) is 13.5. The summed E-state index contributed by atoms with van der Waals surface area (Å²) in [5, 5.41) is 0. The number of aryl methyl sites for hydroxylation is 1. The van der Waals surface area contributed by atoms with E-state index >= 15 is 0 Å². The van der Waals surface area contributed by atoms with E-state index < -0.39 is 8.32 Å². The van der Waals surface area contributed by atoms with Crippen LogP contribution in [0.5, 0.6) is 5.75 Å². The molecule has 0 radical (unpaired) electrons. The topological polar surface area (TPSA) is 35.5 Å². The fourth-order valence-electron chi connectivity index (χ4n) is 1.36. The first-order valence-corrected chi connectivity index (χ1v) is 9.44. The molecule has 0 atom stereocenters. The van der Waals surface area contributed by atoms with Gasteiger partial charge in [0.1, 0.15) is 5.75 Å². The van der Waals surface area contributed by atoms with Crippen LogP contribution in [0.3, 0.4) is 0 Å². The molecule has 0 bridgehead atoms. The van der Waals surface area contributed by atoms with Gasteiger partial charge < -0.3 is 8.85 Å². The van der Waals surface area contributed by atoms with Crippen molar-refractivity contribution in [3.63, 3.8) is 0 Å². The van der Waals surface area contributed by atoms with Crippen molar-refractivity contribution >= 4 is 24.8 Å². The summed E-state index contributed by atoms with van der Waals surface area (Å²) in [6.45, 7) is 8.22. The minimum atomic E-state index is -1.72. The number of hydrogen-bond acceptors (Lipinski definition) is 3. The zero-order chi connectivity index (χ0) is 12.3. The molecule has 0 aromatic heterocycles. The molecule has 0 aliphatic heterocycles. The highest BCUT2D eigenvalue weighted by atomic mass is 28.4. The minimum Gasteiger partial charge on any atom is -0.544 e. The number of para-hydroxylation sites is 1. The molecule has 1 rings (SSSR count). The maximum atomic E-state index is 11.6. The summed E-state index contributed by atoms with van der Waals surface area (Å²) in [6, 6.07) is 5.54. The predicted octanol–water partition coefficient (Wildman–Crippen LogP) is 1.65. The Bertz CT molecular complexity index is 397. The molecule has 3 nitrogen and oxygen atoms in total. The standard InChI is InChI=1S/C11H18O3Si2/c1-8-6-5-7-9(11(12)13-15)10(8)14-16(2,3)4/h5-7H,1-4,15H3. The number of carbonyl (C=O) groups is 1. The van der Waals surface area contributed by atoms with E-state index in [1.807, 2.05) is 19.1 Å². The molecule has 0 aliphatic carbocycles. The summed E-state index contributed by atoms with van der Waals surface area (Å²) in [6.07, 6.45) is 0.